The van der Waals surface area contributed by atoms with Crippen molar-refractivity contribution >= 4 is 17.7 Å². The summed E-state index contributed by atoms with van der Waals surface area (Å²) in [5.74, 6) is 5.95. The van der Waals surface area contributed by atoms with Gasteiger partial charge in [-0.1, -0.05) is 12.1 Å². The third-order valence-corrected chi connectivity index (χ3v) is 5.40. The van der Waals surface area contributed by atoms with Gasteiger partial charge in [-0.3, -0.25) is 20.1 Å². The summed E-state index contributed by atoms with van der Waals surface area (Å²) in [5, 5.41) is 7.83. The van der Waals surface area contributed by atoms with Crippen LogP contribution in [0.5, 0.6) is 0 Å². The van der Waals surface area contributed by atoms with E-state index in [-0.39, 0.29) is 0 Å². The van der Waals surface area contributed by atoms with Crippen molar-refractivity contribution < 1.29 is 4.74 Å². The number of aliphatic imine (C=N–C) groups is 1. The molecule has 1 aromatic carbocycles. The second-order valence-electron chi connectivity index (χ2n) is 7.46. The number of aryl methyl sites for hydroxylation is 1. The van der Waals surface area contributed by atoms with Gasteiger partial charge in [-0.2, -0.15) is 5.10 Å². The van der Waals surface area contributed by atoms with Crippen LogP contribution in [-0.4, -0.2) is 52.4 Å². The highest BCUT2D eigenvalue weighted by Crippen LogP contribution is 2.34. The average Bonchev–Trinajstić information content (AvgIpc) is 3.25. The Bertz CT molecular complexity index is 1020. The second kappa shape index (κ2) is 6.94. The van der Waals surface area contributed by atoms with Crippen LogP contribution in [-0.2, 0) is 18.3 Å². The molecule has 1 fully saturated rings. The zero-order valence-electron chi connectivity index (χ0n) is 16.5. The monoisotopic (exact) mass is 392 g/mol. The van der Waals surface area contributed by atoms with E-state index in [1.165, 1.54) is 16.3 Å². The molecule has 3 aliphatic heterocycles. The number of ether oxygens (including phenoxy) is 1. The average molecular weight is 392 g/mol. The van der Waals surface area contributed by atoms with E-state index < -0.39 is 0 Å². The molecule has 1 saturated heterocycles. The first-order chi connectivity index (χ1) is 14.1. The Morgan fingerprint density at radius 2 is 2.17 bits per heavy atom. The van der Waals surface area contributed by atoms with Crippen molar-refractivity contribution in [3.8, 4) is 0 Å². The van der Waals surface area contributed by atoms with Crippen LogP contribution >= 0.6 is 0 Å². The first kappa shape index (κ1) is 17.8. The lowest BCUT2D eigenvalue weighted by Gasteiger charge is -2.40. The first-order valence-electron chi connectivity index (χ1n) is 9.54. The highest BCUT2D eigenvalue weighted by atomic mass is 16.5. The fraction of sp³-hybridized carbons (Fsp3) is 0.300. The number of rotatable bonds is 5. The molecule has 0 aliphatic carbocycles. The van der Waals surface area contributed by atoms with Crippen LogP contribution in [0.3, 0.4) is 0 Å². The molecule has 0 unspecified atom stereocenters. The smallest absolute Gasteiger partial charge is 0.117 e. The normalized spacial score (nSPS) is 18.7. The SMILES string of the molecule is COC1CN(c2cccc(CN3NC(c4cnn(C)c4)=C4N=CN(N)C=C43)c2)C1. The van der Waals surface area contributed by atoms with Gasteiger partial charge in [-0.15, -0.1) is 0 Å². The molecule has 9 heteroatoms. The fourth-order valence-electron chi connectivity index (χ4n) is 3.77. The summed E-state index contributed by atoms with van der Waals surface area (Å²) in [5.41, 5.74) is 9.60. The lowest BCUT2D eigenvalue weighted by atomic mass is 10.1. The van der Waals surface area contributed by atoms with Crippen LogP contribution in [0.2, 0.25) is 0 Å². The number of hydrogen-bond acceptors (Lipinski definition) is 8. The summed E-state index contributed by atoms with van der Waals surface area (Å²) < 4.78 is 7.17. The summed E-state index contributed by atoms with van der Waals surface area (Å²) in [6.45, 7) is 2.54. The van der Waals surface area contributed by atoms with Crippen molar-refractivity contribution in [3.05, 3.63) is 65.4 Å². The fourth-order valence-corrected chi connectivity index (χ4v) is 3.77. The Kier molecular flexibility index (Phi) is 4.26. The molecule has 3 aliphatic rings. The number of benzene rings is 1. The molecule has 0 amide bonds. The molecule has 5 rings (SSSR count). The quantitative estimate of drug-likeness (QED) is 0.734. The molecule has 0 radical (unpaired) electrons. The summed E-state index contributed by atoms with van der Waals surface area (Å²) >= 11 is 0. The number of methoxy groups -OCH3 is 1. The molecule has 4 heterocycles. The first-order valence-corrected chi connectivity index (χ1v) is 9.54. The highest BCUT2D eigenvalue weighted by molar-refractivity contribution is 5.77. The number of nitrogens with zero attached hydrogens (tertiary/aromatic N) is 6. The van der Waals surface area contributed by atoms with Gasteiger partial charge in [0, 0.05) is 50.9 Å². The number of anilines is 1. The summed E-state index contributed by atoms with van der Waals surface area (Å²) in [4.78, 5) is 6.87. The van der Waals surface area contributed by atoms with Crippen LogP contribution in [0.4, 0.5) is 5.69 Å². The van der Waals surface area contributed by atoms with Gasteiger partial charge in [0.2, 0.25) is 0 Å². The van der Waals surface area contributed by atoms with E-state index in [0.717, 1.165) is 35.7 Å². The van der Waals surface area contributed by atoms with Crippen molar-refractivity contribution in [2.24, 2.45) is 17.9 Å². The van der Waals surface area contributed by atoms with E-state index >= 15 is 0 Å². The Morgan fingerprint density at radius 1 is 1.31 bits per heavy atom. The summed E-state index contributed by atoms with van der Waals surface area (Å²) in [6.07, 6.45) is 7.61. The van der Waals surface area contributed by atoms with Gasteiger partial charge in [-0.25, -0.2) is 10.8 Å². The van der Waals surface area contributed by atoms with Gasteiger partial charge in [-0.05, 0) is 17.7 Å². The highest BCUT2D eigenvalue weighted by Gasteiger charge is 2.31. The molecule has 0 atom stereocenters. The topological polar surface area (TPSA) is 87.2 Å². The van der Waals surface area contributed by atoms with Crippen LogP contribution < -0.4 is 16.2 Å². The molecule has 0 bridgehead atoms. The molecule has 3 N–H and O–H groups in total. The minimum atomic E-state index is 0.327. The molecule has 29 heavy (non-hydrogen) atoms. The van der Waals surface area contributed by atoms with E-state index in [1.54, 1.807) is 18.1 Å². The molecule has 0 spiro atoms. The Hall–Kier alpha value is -3.30. The predicted octanol–water partition coefficient (Wildman–Crippen LogP) is 1.00. The maximum atomic E-state index is 5.95. The van der Waals surface area contributed by atoms with Gasteiger partial charge in [0.05, 0.1) is 24.5 Å². The zero-order valence-corrected chi connectivity index (χ0v) is 16.5. The van der Waals surface area contributed by atoms with Gasteiger partial charge in [0.1, 0.15) is 17.7 Å². The molecular formula is C20H24N8O. The molecule has 150 valence electrons. The van der Waals surface area contributed by atoms with E-state index in [0.29, 0.717) is 12.6 Å². The Morgan fingerprint density at radius 3 is 2.93 bits per heavy atom. The number of aromatic nitrogens is 2. The van der Waals surface area contributed by atoms with E-state index in [2.05, 4.69) is 49.7 Å². The summed E-state index contributed by atoms with van der Waals surface area (Å²) in [6, 6.07) is 8.60. The number of hydrogen-bond donors (Lipinski definition) is 2. The van der Waals surface area contributed by atoms with Crippen LogP contribution in [0, 0.1) is 0 Å². The van der Waals surface area contributed by atoms with Crippen molar-refractivity contribution in [1.29, 1.82) is 0 Å². The van der Waals surface area contributed by atoms with Crippen molar-refractivity contribution in [3.63, 3.8) is 0 Å². The number of fused-ring (bicyclic) bond motifs is 1. The van der Waals surface area contributed by atoms with E-state index in [4.69, 9.17) is 10.6 Å². The summed E-state index contributed by atoms with van der Waals surface area (Å²) in [7, 11) is 3.67. The van der Waals surface area contributed by atoms with Gasteiger partial charge < -0.3 is 9.64 Å². The zero-order chi connectivity index (χ0) is 20.0. The number of hydrazine groups is 2. The Labute approximate surface area is 169 Å². The Balaban J connectivity index is 1.38. The second-order valence-corrected chi connectivity index (χ2v) is 7.46. The lowest BCUT2D eigenvalue weighted by Crippen LogP contribution is -2.51. The number of nitrogens with one attached hydrogen (secondary N) is 1. The minimum absolute atomic E-state index is 0.327. The van der Waals surface area contributed by atoms with Gasteiger partial charge in [0.15, 0.2) is 0 Å². The van der Waals surface area contributed by atoms with E-state index in [9.17, 15) is 0 Å². The molecule has 1 aromatic heterocycles. The predicted molar refractivity (Wildman–Crippen MR) is 111 cm³/mol. The minimum Gasteiger partial charge on any atom is -0.378 e. The van der Waals surface area contributed by atoms with Crippen molar-refractivity contribution in [1.82, 2.24) is 25.2 Å². The number of nitrogens with two attached hydrogens (primary N) is 1. The largest absolute Gasteiger partial charge is 0.378 e. The van der Waals surface area contributed by atoms with Gasteiger partial charge in [0.25, 0.3) is 0 Å². The third kappa shape index (κ3) is 3.24. The van der Waals surface area contributed by atoms with Crippen LogP contribution in [0.25, 0.3) is 5.70 Å². The van der Waals surface area contributed by atoms with Crippen LogP contribution in [0.15, 0.2) is 59.2 Å². The van der Waals surface area contributed by atoms with Gasteiger partial charge >= 0.3 is 0 Å². The standard InChI is InChI=1S/C20H24N8O/c1-25-9-15(7-23-25)19-20-18(12-27(21)13-22-20)28(24-19)8-14-4-3-5-16(6-14)26-10-17(11-26)29-2/h3-7,9,12-13,17,24H,8,10-11,21H2,1-2H3. The molecular weight excluding hydrogens is 368 g/mol. The van der Waals surface area contributed by atoms with E-state index in [1.807, 2.05) is 25.6 Å². The van der Waals surface area contributed by atoms with Crippen molar-refractivity contribution in [2.45, 2.75) is 12.6 Å². The maximum absolute atomic E-state index is 5.95. The maximum Gasteiger partial charge on any atom is 0.117 e. The van der Waals surface area contributed by atoms with Crippen LogP contribution in [0.1, 0.15) is 11.1 Å². The molecule has 2 aromatic rings. The lowest BCUT2D eigenvalue weighted by molar-refractivity contribution is 0.0787. The molecule has 9 nitrogen and oxygen atoms in total. The molecule has 0 saturated carbocycles. The van der Waals surface area contributed by atoms with Crippen molar-refractivity contribution in [2.75, 3.05) is 25.1 Å². The third-order valence-electron chi connectivity index (χ3n) is 5.40.